The number of pyridine rings is 1. The van der Waals surface area contributed by atoms with Gasteiger partial charge < -0.3 is 9.47 Å². The lowest BCUT2D eigenvalue weighted by molar-refractivity contribution is 0.282. The summed E-state index contributed by atoms with van der Waals surface area (Å²) in [6.07, 6.45) is 3.50. The highest BCUT2D eigenvalue weighted by Gasteiger charge is 2.10. The third-order valence-electron chi connectivity index (χ3n) is 2.57. The third-order valence-corrected chi connectivity index (χ3v) is 3.29. The van der Waals surface area contributed by atoms with Gasteiger partial charge in [0.2, 0.25) is 0 Å². The molecule has 100 valence electrons. The van der Waals surface area contributed by atoms with Crippen molar-refractivity contribution in [2.75, 3.05) is 7.11 Å². The topological polar surface area (TPSA) is 31.4 Å². The van der Waals surface area contributed by atoms with Crippen LogP contribution in [-0.2, 0) is 12.5 Å². The van der Waals surface area contributed by atoms with Crippen molar-refractivity contribution in [3.8, 4) is 11.5 Å². The molecule has 0 saturated heterocycles. The molecular weight excluding hydrogens is 330 g/mol. The smallest absolute Gasteiger partial charge is 0.166 e. The summed E-state index contributed by atoms with van der Waals surface area (Å²) in [7, 11) is 1.61. The van der Waals surface area contributed by atoms with Crippen molar-refractivity contribution < 1.29 is 9.47 Å². The van der Waals surface area contributed by atoms with Crippen LogP contribution in [-0.4, -0.2) is 12.1 Å². The Balaban J connectivity index is 2.19. The molecule has 0 aliphatic rings. The van der Waals surface area contributed by atoms with Crippen LogP contribution in [0, 0.1) is 0 Å². The number of hydrogen-bond acceptors (Lipinski definition) is 3. The van der Waals surface area contributed by atoms with Gasteiger partial charge in [0.05, 0.1) is 13.0 Å². The second-order valence-corrected chi connectivity index (χ2v) is 5.07. The van der Waals surface area contributed by atoms with Crippen LogP contribution >= 0.6 is 27.5 Å². The molecular formula is C14H13BrClNO2. The highest BCUT2D eigenvalue weighted by Crippen LogP contribution is 2.32. The van der Waals surface area contributed by atoms with Gasteiger partial charge in [0.1, 0.15) is 6.61 Å². The first-order chi connectivity index (χ1) is 9.24. The van der Waals surface area contributed by atoms with Crippen molar-refractivity contribution in [3.05, 3.63) is 52.3 Å². The summed E-state index contributed by atoms with van der Waals surface area (Å²) in [6.45, 7) is 0.413. The molecule has 2 aromatic rings. The summed E-state index contributed by atoms with van der Waals surface area (Å²) in [5, 5.41) is 0. The first kappa shape index (κ1) is 14.2. The van der Waals surface area contributed by atoms with Crippen LogP contribution in [0.4, 0.5) is 0 Å². The molecule has 3 nitrogen and oxygen atoms in total. The van der Waals surface area contributed by atoms with Crippen LogP contribution in [0.1, 0.15) is 11.1 Å². The molecule has 0 atom stereocenters. The lowest BCUT2D eigenvalue weighted by Gasteiger charge is -2.13. The van der Waals surface area contributed by atoms with Crippen molar-refractivity contribution in [1.82, 2.24) is 4.98 Å². The van der Waals surface area contributed by atoms with Gasteiger partial charge in [-0.25, -0.2) is 0 Å². The molecule has 0 aliphatic carbocycles. The van der Waals surface area contributed by atoms with Crippen molar-refractivity contribution in [3.63, 3.8) is 0 Å². The van der Waals surface area contributed by atoms with Crippen LogP contribution in [0.3, 0.4) is 0 Å². The molecule has 0 spiro atoms. The highest BCUT2D eigenvalue weighted by molar-refractivity contribution is 9.10. The molecule has 0 radical (unpaired) electrons. The zero-order chi connectivity index (χ0) is 13.7. The number of rotatable bonds is 5. The summed E-state index contributed by atoms with van der Waals surface area (Å²) in [4.78, 5) is 4.10. The number of para-hydroxylation sites is 1. The highest BCUT2D eigenvalue weighted by atomic mass is 79.9. The second kappa shape index (κ2) is 6.78. The van der Waals surface area contributed by atoms with E-state index in [1.54, 1.807) is 19.5 Å². The number of halogens is 2. The Morgan fingerprint density at radius 3 is 2.84 bits per heavy atom. The third kappa shape index (κ3) is 3.61. The van der Waals surface area contributed by atoms with E-state index < -0.39 is 0 Å². The van der Waals surface area contributed by atoms with Crippen molar-refractivity contribution in [2.45, 2.75) is 12.5 Å². The minimum atomic E-state index is 0.378. The van der Waals surface area contributed by atoms with E-state index in [4.69, 9.17) is 21.1 Å². The Hall–Kier alpha value is -1.26. The number of hydrogen-bond donors (Lipinski definition) is 0. The number of alkyl halides is 1. The number of nitrogens with zero attached hydrogens (tertiary/aromatic N) is 1. The Morgan fingerprint density at radius 2 is 2.16 bits per heavy atom. The molecule has 5 heteroatoms. The summed E-state index contributed by atoms with van der Waals surface area (Å²) in [5.74, 6) is 1.74. The zero-order valence-electron chi connectivity index (χ0n) is 10.4. The molecule has 0 aliphatic heterocycles. The van der Waals surface area contributed by atoms with Gasteiger partial charge in [-0.3, -0.25) is 4.98 Å². The minimum Gasteiger partial charge on any atom is -0.493 e. The molecule has 1 heterocycles. The van der Waals surface area contributed by atoms with Gasteiger partial charge >= 0.3 is 0 Å². The van der Waals surface area contributed by atoms with E-state index >= 15 is 0 Å². The fourth-order valence-corrected chi connectivity index (χ4v) is 2.30. The van der Waals surface area contributed by atoms with Crippen LogP contribution in [0.25, 0.3) is 0 Å². The summed E-state index contributed by atoms with van der Waals surface area (Å²) in [6, 6.07) is 7.63. The Labute approximate surface area is 125 Å². The fraction of sp³-hybridized carbons (Fsp3) is 0.214. The van der Waals surface area contributed by atoms with Gasteiger partial charge in [-0.15, -0.1) is 11.6 Å². The molecule has 1 aromatic carbocycles. The van der Waals surface area contributed by atoms with Gasteiger partial charge in [0, 0.05) is 28.0 Å². The van der Waals surface area contributed by atoms with E-state index in [2.05, 4.69) is 20.9 Å². The zero-order valence-corrected chi connectivity index (χ0v) is 12.7. The molecule has 0 fully saturated rings. The van der Waals surface area contributed by atoms with E-state index in [1.807, 2.05) is 24.3 Å². The normalized spacial score (nSPS) is 10.3. The van der Waals surface area contributed by atoms with Crippen LogP contribution in [0.15, 0.2) is 41.1 Å². The Kier molecular flexibility index (Phi) is 5.05. The maximum atomic E-state index is 5.91. The van der Waals surface area contributed by atoms with E-state index in [0.29, 0.717) is 24.0 Å². The molecule has 0 bridgehead atoms. The molecule has 0 amide bonds. The predicted octanol–water partition coefficient (Wildman–Crippen LogP) is 4.17. The Morgan fingerprint density at radius 1 is 1.32 bits per heavy atom. The number of benzene rings is 1. The SMILES string of the molecule is COc1cccc(CCl)c1OCc1cncc(Br)c1. The number of methoxy groups -OCH3 is 1. The van der Waals surface area contributed by atoms with Crippen LogP contribution in [0.5, 0.6) is 11.5 Å². The molecule has 0 N–H and O–H groups in total. The quantitative estimate of drug-likeness (QED) is 0.764. The number of aromatic nitrogens is 1. The van der Waals surface area contributed by atoms with E-state index in [0.717, 1.165) is 15.6 Å². The van der Waals surface area contributed by atoms with E-state index in [1.165, 1.54) is 0 Å². The van der Waals surface area contributed by atoms with E-state index in [9.17, 15) is 0 Å². The molecule has 0 unspecified atom stereocenters. The average Bonchev–Trinajstić information content (AvgIpc) is 2.44. The monoisotopic (exact) mass is 341 g/mol. The van der Waals surface area contributed by atoms with Gasteiger partial charge in [-0.2, -0.15) is 0 Å². The van der Waals surface area contributed by atoms with Gasteiger partial charge in [-0.1, -0.05) is 12.1 Å². The lowest BCUT2D eigenvalue weighted by atomic mass is 10.2. The summed E-state index contributed by atoms with van der Waals surface area (Å²) >= 11 is 9.29. The molecule has 0 saturated carbocycles. The maximum Gasteiger partial charge on any atom is 0.166 e. The first-order valence-electron chi connectivity index (χ1n) is 5.68. The van der Waals surface area contributed by atoms with Gasteiger partial charge in [-0.05, 0) is 28.1 Å². The Bertz CT molecular complexity index is 541. The number of ether oxygens (including phenoxy) is 2. The lowest BCUT2D eigenvalue weighted by Crippen LogP contribution is -2.00. The minimum absolute atomic E-state index is 0.378. The summed E-state index contributed by atoms with van der Waals surface area (Å²) < 4.78 is 12.0. The fourth-order valence-electron chi connectivity index (χ4n) is 1.68. The van der Waals surface area contributed by atoms with Crippen molar-refractivity contribution >= 4 is 27.5 Å². The van der Waals surface area contributed by atoms with Gasteiger partial charge in [0.25, 0.3) is 0 Å². The largest absolute Gasteiger partial charge is 0.493 e. The van der Waals surface area contributed by atoms with Crippen LogP contribution < -0.4 is 9.47 Å². The maximum absolute atomic E-state index is 5.91. The van der Waals surface area contributed by atoms with Crippen molar-refractivity contribution in [2.24, 2.45) is 0 Å². The molecule has 1 aromatic heterocycles. The van der Waals surface area contributed by atoms with Crippen molar-refractivity contribution in [1.29, 1.82) is 0 Å². The molecule has 19 heavy (non-hydrogen) atoms. The first-order valence-corrected chi connectivity index (χ1v) is 7.01. The standard InChI is InChI=1S/C14H13BrClNO2/c1-18-13-4-2-3-11(6-16)14(13)19-9-10-5-12(15)8-17-7-10/h2-5,7-8H,6,9H2,1H3. The average molecular weight is 343 g/mol. The second-order valence-electron chi connectivity index (χ2n) is 3.88. The van der Waals surface area contributed by atoms with Gasteiger partial charge in [0.15, 0.2) is 11.5 Å². The van der Waals surface area contributed by atoms with Crippen LogP contribution in [0.2, 0.25) is 0 Å². The van der Waals surface area contributed by atoms with E-state index in [-0.39, 0.29) is 0 Å². The summed E-state index contributed by atoms with van der Waals surface area (Å²) in [5.41, 5.74) is 1.88. The molecule has 2 rings (SSSR count). The predicted molar refractivity (Wildman–Crippen MR) is 78.8 cm³/mol.